The van der Waals surface area contributed by atoms with Crippen molar-refractivity contribution in [2.45, 2.75) is 13.0 Å². The van der Waals surface area contributed by atoms with Gasteiger partial charge in [-0.3, -0.25) is 4.79 Å². The maximum Gasteiger partial charge on any atom is 0.319 e. The van der Waals surface area contributed by atoms with Crippen molar-refractivity contribution >= 4 is 17.6 Å². The Morgan fingerprint density at radius 2 is 1.83 bits per heavy atom. The lowest BCUT2D eigenvalue weighted by atomic mass is 9.88. The van der Waals surface area contributed by atoms with E-state index in [1.54, 1.807) is 49.6 Å². The van der Waals surface area contributed by atoms with Crippen LogP contribution in [0.3, 0.4) is 0 Å². The van der Waals surface area contributed by atoms with Crippen LogP contribution in [0.25, 0.3) is 0 Å². The zero-order chi connectivity index (χ0) is 21.7. The van der Waals surface area contributed by atoms with E-state index in [1.165, 1.54) is 7.11 Å². The summed E-state index contributed by atoms with van der Waals surface area (Å²) in [5.41, 5.74) is 1.61. The van der Waals surface area contributed by atoms with Crippen molar-refractivity contribution in [3.05, 3.63) is 60.3 Å². The number of amides is 3. The van der Waals surface area contributed by atoms with Gasteiger partial charge in [-0.1, -0.05) is 12.6 Å². The number of benzene rings is 2. The number of ether oxygens (including phenoxy) is 3. The van der Waals surface area contributed by atoms with Gasteiger partial charge in [0.2, 0.25) is 5.91 Å². The molecule has 0 saturated carbocycles. The monoisotopic (exact) mass is 411 g/mol. The van der Waals surface area contributed by atoms with Crippen LogP contribution in [0.5, 0.6) is 17.2 Å². The number of hydrogen-bond acceptors (Lipinski definition) is 5. The molecule has 3 amide bonds. The summed E-state index contributed by atoms with van der Waals surface area (Å²) in [5.74, 6) is 0.732. The van der Waals surface area contributed by atoms with Gasteiger partial charge >= 0.3 is 6.03 Å². The molecule has 30 heavy (non-hydrogen) atoms. The van der Waals surface area contributed by atoms with E-state index in [1.807, 2.05) is 6.92 Å². The van der Waals surface area contributed by atoms with Crippen LogP contribution < -0.4 is 30.2 Å². The molecule has 1 saturated heterocycles. The minimum absolute atomic E-state index is 0.308. The van der Waals surface area contributed by atoms with Crippen LogP contribution in [0.4, 0.5) is 10.5 Å². The van der Waals surface area contributed by atoms with Crippen molar-refractivity contribution < 1.29 is 23.8 Å². The Kier molecular flexibility index (Phi) is 6.46. The first-order valence-electron chi connectivity index (χ1n) is 9.48. The highest BCUT2D eigenvalue weighted by Gasteiger charge is 2.38. The molecule has 0 aliphatic carbocycles. The van der Waals surface area contributed by atoms with E-state index in [4.69, 9.17) is 14.2 Å². The predicted molar refractivity (Wildman–Crippen MR) is 113 cm³/mol. The summed E-state index contributed by atoms with van der Waals surface area (Å²) >= 11 is 0. The van der Waals surface area contributed by atoms with Gasteiger partial charge in [0.15, 0.2) is 11.5 Å². The molecule has 1 heterocycles. The molecule has 1 aliphatic rings. The van der Waals surface area contributed by atoms with Gasteiger partial charge < -0.3 is 30.2 Å². The van der Waals surface area contributed by atoms with E-state index in [0.29, 0.717) is 40.8 Å². The van der Waals surface area contributed by atoms with Gasteiger partial charge in [0, 0.05) is 11.4 Å². The summed E-state index contributed by atoms with van der Waals surface area (Å²) in [5, 5.41) is 8.27. The van der Waals surface area contributed by atoms with Crippen molar-refractivity contribution in [2.24, 2.45) is 5.92 Å². The molecule has 0 aromatic heterocycles. The van der Waals surface area contributed by atoms with Crippen molar-refractivity contribution in [3.8, 4) is 17.2 Å². The maximum absolute atomic E-state index is 13.1. The zero-order valence-electron chi connectivity index (χ0n) is 17.2. The zero-order valence-corrected chi connectivity index (χ0v) is 17.2. The number of methoxy groups -OCH3 is 2. The SMILES string of the molecule is C=C1NC(=O)N[C@H](c2ccc(OCC)c(OC)c2)[C@H]1C(=O)Nc1ccc(OC)cc1. The normalized spacial score (nSPS) is 18.1. The van der Waals surface area contributed by atoms with Crippen molar-refractivity contribution in [2.75, 3.05) is 26.1 Å². The summed E-state index contributed by atoms with van der Waals surface area (Å²) in [7, 11) is 3.11. The Morgan fingerprint density at radius 3 is 2.47 bits per heavy atom. The van der Waals surface area contributed by atoms with Crippen LogP contribution in [0.1, 0.15) is 18.5 Å². The fraction of sp³-hybridized carbons (Fsp3) is 0.273. The quantitative estimate of drug-likeness (QED) is 0.650. The number of nitrogens with one attached hydrogen (secondary N) is 3. The molecule has 2 aromatic rings. The number of urea groups is 1. The van der Waals surface area contributed by atoms with Crippen LogP contribution in [0.2, 0.25) is 0 Å². The Balaban J connectivity index is 1.89. The third-order valence-corrected chi connectivity index (χ3v) is 4.76. The summed E-state index contributed by atoms with van der Waals surface area (Å²) in [6.45, 7) is 6.26. The minimum Gasteiger partial charge on any atom is -0.497 e. The molecule has 8 heteroatoms. The van der Waals surface area contributed by atoms with E-state index >= 15 is 0 Å². The number of carbonyl (C=O) groups excluding carboxylic acids is 2. The van der Waals surface area contributed by atoms with Gasteiger partial charge in [0.05, 0.1) is 26.9 Å². The van der Waals surface area contributed by atoms with Gasteiger partial charge in [-0.15, -0.1) is 0 Å². The van der Waals surface area contributed by atoms with Gasteiger partial charge in [0.25, 0.3) is 0 Å². The Labute approximate surface area is 175 Å². The van der Waals surface area contributed by atoms with Crippen molar-refractivity contribution in [1.82, 2.24) is 10.6 Å². The fourth-order valence-electron chi connectivity index (χ4n) is 3.32. The predicted octanol–water partition coefficient (Wildman–Crippen LogP) is 3.23. The highest BCUT2D eigenvalue weighted by Crippen LogP contribution is 2.36. The van der Waals surface area contributed by atoms with Crippen LogP contribution in [-0.4, -0.2) is 32.8 Å². The molecular weight excluding hydrogens is 386 g/mol. The van der Waals surface area contributed by atoms with Gasteiger partial charge in [-0.05, 0) is 48.9 Å². The largest absolute Gasteiger partial charge is 0.497 e. The maximum atomic E-state index is 13.1. The van der Waals surface area contributed by atoms with E-state index in [-0.39, 0.29) is 5.91 Å². The van der Waals surface area contributed by atoms with Crippen LogP contribution in [0.15, 0.2) is 54.7 Å². The Hall–Kier alpha value is -3.68. The second kappa shape index (κ2) is 9.21. The molecule has 0 radical (unpaired) electrons. The van der Waals surface area contributed by atoms with Crippen LogP contribution >= 0.6 is 0 Å². The topological polar surface area (TPSA) is 97.9 Å². The van der Waals surface area contributed by atoms with E-state index in [0.717, 1.165) is 0 Å². The molecule has 0 bridgehead atoms. The van der Waals surface area contributed by atoms with Gasteiger partial charge in [-0.2, -0.15) is 0 Å². The summed E-state index contributed by atoms with van der Waals surface area (Å²) in [4.78, 5) is 25.2. The average Bonchev–Trinajstić information content (AvgIpc) is 2.74. The Bertz CT molecular complexity index is 942. The smallest absolute Gasteiger partial charge is 0.319 e. The number of anilines is 1. The molecule has 0 unspecified atom stereocenters. The highest BCUT2D eigenvalue weighted by molar-refractivity contribution is 5.97. The van der Waals surface area contributed by atoms with Gasteiger partial charge in [-0.25, -0.2) is 4.79 Å². The van der Waals surface area contributed by atoms with E-state index in [2.05, 4.69) is 22.5 Å². The molecule has 158 valence electrons. The van der Waals surface area contributed by atoms with E-state index in [9.17, 15) is 9.59 Å². The van der Waals surface area contributed by atoms with Crippen LogP contribution in [0, 0.1) is 5.92 Å². The standard InChI is InChI=1S/C22H25N3O5/c1-5-30-17-11-6-14(12-18(17)29-4)20-19(13(2)23-22(27)25-20)21(26)24-15-7-9-16(28-3)10-8-15/h6-12,19-20H,2,5H2,1,3-4H3,(H,24,26)(H2,23,25,27)/t19-,20+/m0/s1. The molecule has 1 fully saturated rings. The molecule has 8 nitrogen and oxygen atoms in total. The molecular formula is C22H25N3O5. The molecule has 2 atom stereocenters. The first-order chi connectivity index (χ1) is 14.5. The van der Waals surface area contributed by atoms with Crippen LogP contribution in [-0.2, 0) is 4.79 Å². The first kappa shape index (κ1) is 21.0. The minimum atomic E-state index is -0.743. The fourth-order valence-corrected chi connectivity index (χ4v) is 3.32. The molecule has 3 N–H and O–H groups in total. The lowest BCUT2D eigenvalue weighted by Crippen LogP contribution is -2.51. The molecule has 0 spiro atoms. The summed E-state index contributed by atoms with van der Waals surface area (Å²) < 4.78 is 16.1. The summed E-state index contributed by atoms with van der Waals surface area (Å²) in [6, 6.07) is 11.2. The molecule has 2 aromatic carbocycles. The van der Waals surface area contributed by atoms with E-state index < -0.39 is 18.0 Å². The molecule has 3 rings (SSSR count). The summed E-state index contributed by atoms with van der Waals surface area (Å²) in [6.07, 6.45) is 0. The van der Waals surface area contributed by atoms with Crippen molar-refractivity contribution in [1.29, 1.82) is 0 Å². The van der Waals surface area contributed by atoms with Crippen molar-refractivity contribution in [3.63, 3.8) is 0 Å². The lowest BCUT2D eigenvalue weighted by molar-refractivity contribution is -0.119. The third-order valence-electron chi connectivity index (χ3n) is 4.76. The first-order valence-corrected chi connectivity index (χ1v) is 9.48. The lowest BCUT2D eigenvalue weighted by Gasteiger charge is -2.34. The second-order valence-electron chi connectivity index (χ2n) is 6.64. The third kappa shape index (κ3) is 4.48. The number of rotatable bonds is 7. The second-order valence-corrected chi connectivity index (χ2v) is 6.64. The number of carbonyl (C=O) groups is 2. The molecule has 1 aliphatic heterocycles. The van der Waals surface area contributed by atoms with Gasteiger partial charge in [0.1, 0.15) is 11.7 Å². The average molecular weight is 411 g/mol. The number of hydrogen-bond donors (Lipinski definition) is 3. The Morgan fingerprint density at radius 1 is 1.10 bits per heavy atom. The highest BCUT2D eigenvalue weighted by atomic mass is 16.5.